The van der Waals surface area contributed by atoms with Crippen LogP contribution in [0.4, 0.5) is 5.69 Å². The molecule has 18 heavy (non-hydrogen) atoms. The highest BCUT2D eigenvalue weighted by Gasteiger charge is 2.15. The van der Waals surface area contributed by atoms with E-state index in [0.29, 0.717) is 23.4 Å². The number of nitro benzene ring substituents is 1. The molecule has 0 fully saturated rings. The van der Waals surface area contributed by atoms with Crippen molar-refractivity contribution in [3.8, 4) is 0 Å². The molecule has 0 saturated heterocycles. The van der Waals surface area contributed by atoms with Gasteiger partial charge in [-0.05, 0) is 12.0 Å². The first kappa shape index (κ1) is 12.3. The van der Waals surface area contributed by atoms with E-state index in [0.717, 1.165) is 0 Å². The molecule has 0 spiro atoms. The van der Waals surface area contributed by atoms with Crippen LogP contribution in [0.25, 0.3) is 10.9 Å². The third-order valence-electron chi connectivity index (χ3n) is 2.89. The highest BCUT2D eigenvalue weighted by Crippen LogP contribution is 2.19. The lowest BCUT2D eigenvalue weighted by molar-refractivity contribution is -0.384. The monoisotopic (exact) mass is 249 g/mol. The first-order valence-corrected chi connectivity index (χ1v) is 5.75. The molecule has 1 heterocycles. The summed E-state index contributed by atoms with van der Waals surface area (Å²) in [5, 5.41) is 11.3. The molecule has 2 aromatic rings. The summed E-state index contributed by atoms with van der Waals surface area (Å²) in [6.45, 7) is 4.72. The number of non-ortho nitro benzene ring substituents is 1. The molecule has 0 amide bonds. The molecular weight excluding hydrogens is 234 g/mol. The predicted molar refractivity (Wildman–Crippen MR) is 68.7 cm³/mol. The Balaban J connectivity index is 2.74. The van der Waals surface area contributed by atoms with Crippen LogP contribution in [0.2, 0.25) is 0 Å². The Kier molecular flexibility index (Phi) is 2.94. The molecule has 1 aromatic heterocycles. The number of benzene rings is 1. The van der Waals surface area contributed by atoms with E-state index in [4.69, 9.17) is 0 Å². The second kappa shape index (κ2) is 4.29. The van der Waals surface area contributed by atoms with Crippen molar-refractivity contribution in [1.82, 2.24) is 9.36 Å². The highest BCUT2D eigenvalue weighted by molar-refractivity contribution is 5.81. The van der Waals surface area contributed by atoms with Gasteiger partial charge in [-0.15, -0.1) is 0 Å². The zero-order valence-electron chi connectivity index (χ0n) is 10.6. The van der Waals surface area contributed by atoms with Crippen LogP contribution in [0.1, 0.15) is 13.8 Å². The van der Waals surface area contributed by atoms with Crippen LogP contribution in [0.5, 0.6) is 0 Å². The standard InChI is InChI=1S/C12H15N3O3/c1-8(2)7-14-11-6-9(15(17)18)4-5-10(11)12(16)13(14)3/h4-6,8H,7H2,1-3H3. The Morgan fingerprint density at radius 1 is 1.39 bits per heavy atom. The van der Waals surface area contributed by atoms with Crippen molar-refractivity contribution in [2.45, 2.75) is 20.4 Å². The van der Waals surface area contributed by atoms with Crippen molar-refractivity contribution >= 4 is 16.6 Å². The van der Waals surface area contributed by atoms with Crippen molar-refractivity contribution in [2.24, 2.45) is 13.0 Å². The van der Waals surface area contributed by atoms with Crippen LogP contribution >= 0.6 is 0 Å². The Morgan fingerprint density at radius 3 is 2.61 bits per heavy atom. The highest BCUT2D eigenvalue weighted by atomic mass is 16.6. The lowest BCUT2D eigenvalue weighted by Gasteiger charge is -2.11. The van der Waals surface area contributed by atoms with E-state index in [-0.39, 0.29) is 11.2 Å². The summed E-state index contributed by atoms with van der Waals surface area (Å²) in [4.78, 5) is 22.3. The van der Waals surface area contributed by atoms with E-state index in [1.165, 1.54) is 22.9 Å². The van der Waals surface area contributed by atoms with Crippen molar-refractivity contribution < 1.29 is 4.92 Å². The van der Waals surface area contributed by atoms with E-state index in [2.05, 4.69) is 0 Å². The minimum atomic E-state index is -0.448. The van der Waals surface area contributed by atoms with Gasteiger partial charge in [0.05, 0.1) is 15.8 Å². The number of rotatable bonds is 3. The first-order chi connectivity index (χ1) is 8.41. The fraction of sp³-hybridized carbons (Fsp3) is 0.417. The molecule has 6 nitrogen and oxygen atoms in total. The Morgan fingerprint density at radius 2 is 2.06 bits per heavy atom. The second-order valence-electron chi connectivity index (χ2n) is 4.76. The van der Waals surface area contributed by atoms with Crippen LogP contribution in [-0.4, -0.2) is 14.3 Å². The van der Waals surface area contributed by atoms with Gasteiger partial charge < -0.3 is 0 Å². The van der Waals surface area contributed by atoms with Gasteiger partial charge >= 0.3 is 0 Å². The van der Waals surface area contributed by atoms with Crippen molar-refractivity contribution in [1.29, 1.82) is 0 Å². The summed E-state index contributed by atoms with van der Waals surface area (Å²) in [6.07, 6.45) is 0. The van der Waals surface area contributed by atoms with E-state index >= 15 is 0 Å². The van der Waals surface area contributed by atoms with Gasteiger partial charge in [0.1, 0.15) is 0 Å². The predicted octanol–water partition coefficient (Wildman–Crippen LogP) is 1.90. The van der Waals surface area contributed by atoms with Gasteiger partial charge in [-0.25, -0.2) is 0 Å². The summed E-state index contributed by atoms with van der Waals surface area (Å²) in [5.41, 5.74) is 0.497. The Bertz CT molecular complexity index is 667. The third kappa shape index (κ3) is 1.90. The number of fused-ring (bicyclic) bond motifs is 1. The number of aromatic nitrogens is 2. The van der Waals surface area contributed by atoms with Gasteiger partial charge in [-0.1, -0.05) is 13.8 Å². The largest absolute Gasteiger partial charge is 0.282 e. The van der Waals surface area contributed by atoms with Gasteiger partial charge in [-0.2, -0.15) is 0 Å². The average molecular weight is 249 g/mol. The van der Waals surface area contributed by atoms with Crippen LogP contribution in [-0.2, 0) is 13.6 Å². The smallest absolute Gasteiger partial charge is 0.274 e. The van der Waals surface area contributed by atoms with Crippen LogP contribution in [0.15, 0.2) is 23.0 Å². The number of nitrogens with zero attached hydrogens (tertiary/aromatic N) is 3. The molecule has 1 aromatic carbocycles. The van der Waals surface area contributed by atoms with E-state index in [1.54, 1.807) is 11.7 Å². The zero-order chi connectivity index (χ0) is 13.4. The maximum atomic E-state index is 12.0. The van der Waals surface area contributed by atoms with Crippen molar-refractivity contribution in [3.05, 3.63) is 38.7 Å². The van der Waals surface area contributed by atoms with E-state index in [1.807, 2.05) is 13.8 Å². The van der Waals surface area contributed by atoms with Gasteiger partial charge in [0.2, 0.25) is 0 Å². The number of nitro groups is 1. The second-order valence-corrected chi connectivity index (χ2v) is 4.76. The Hall–Kier alpha value is -2.11. The average Bonchev–Trinajstić information content (AvgIpc) is 2.53. The van der Waals surface area contributed by atoms with Crippen LogP contribution in [0, 0.1) is 16.0 Å². The van der Waals surface area contributed by atoms with Gasteiger partial charge in [0.15, 0.2) is 0 Å². The molecule has 0 N–H and O–H groups in total. The fourth-order valence-corrected chi connectivity index (χ4v) is 2.04. The maximum Gasteiger partial charge on any atom is 0.274 e. The quantitative estimate of drug-likeness (QED) is 0.616. The topological polar surface area (TPSA) is 70.1 Å². The molecule has 0 aliphatic rings. The van der Waals surface area contributed by atoms with Crippen molar-refractivity contribution in [3.63, 3.8) is 0 Å². The lowest BCUT2D eigenvalue weighted by Crippen LogP contribution is -2.20. The molecule has 0 aliphatic carbocycles. The Labute approximate surface area is 104 Å². The van der Waals surface area contributed by atoms with Crippen LogP contribution in [0.3, 0.4) is 0 Å². The molecule has 0 aliphatic heterocycles. The van der Waals surface area contributed by atoms with Gasteiger partial charge in [0.25, 0.3) is 11.2 Å². The summed E-state index contributed by atoms with van der Waals surface area (Å²) < 4.78 is 3.30. The fourth-order valence-electron chi connectivity index (χ4n) is 2.04. The number of hydrogen-bond donors (Lipinski definition) is 0. The molecule has 0 atom stereocenters. The third-order valence-corrected chi connectivity index (χ3v) is 2.89. The summed E-state index contributed by atoms with van der Waals surface area (Å²) in [6, 6.07) is 4.34. The molecular formula is C12H15N3O3. The molecule has 0 unspecified atom stereocenters. The molecule has 0 radical (unpaired) electrons. The van der Waals surface area contributed by atoms with Crippen LogP contribution < -0.4 is 5.56 Å². The molecule has 0 bridgehead atoms. The minimum absolute atomic E-state index is 0.00519. The normalized spacial score (nSPS) is 11.3. The number of hydrogen-bond acceptors (Lipinski definition) is 3. The first-order valence-electron chi connectivity index (χ1n) is 5.75. The summed E-state index contributed by atoms with van der Waals surface area (Å²) >= 11 is 0. The molecule has 96 valence electrons. The van der Waals surface area contributed by atoms with E-state index in [9.17, 15) is 14.9 Å². The van der Waals surface area contributed by atoms with E-state index < -0.39 is 4.92 Å². The summed E-state index contributed by atoms with van der Waals surface area (Å²) in [7, 11) is 1.68. The minimum Gasteiger partial charge on any atom is -0.282 e. The maximum absolute atomic E-state index is 12.0. The SMILES string of the molecule is CC(C)Cn1c2cc([N+](=O)[O-])ccc2c(=O)n1C. The molecule has 0 saturated carbocycles. The van der Waals surface area contributed by atoms with Gasteiger partial charge in [0, 0.05) is 25.7 Å². The summed E-state index contributed by atoms with van der Waals surface area (Å²) in [5.74, 6) is 0.352. The van der Waals surface area contributed by atoms with Crippen molar-refractivity contribution in [2.75, 3.05) is 0 Å². The zero-order valence-corrected chi connectivity index (χ0v) is 10.6. The van der Waals surface area contributed by atoms with Gasteiger partial charge in [-0.3, -0.25) is 24.3 Å². The lowest BCUT2D eigenvalue weighted by atomic mass is 10.2. The molecule has 6 heteroatoms. The molecule has 2 rings (SSSR count).